The molecule has 0 radical (unpaired) electrons. The molecule has 6 heteroatoms. The topological polar surface area (TPSA) is 56.6 Å². The van der Waals surface area contributed by atoms with Gasteiger partial charge in [0.05, 0.1) is 24.9 Å². The van der Waals surface area contributed by atoms with E-state index >= 15 is 0 Å². The van der Waals surface area contributed by atoms with Crippen LogP contribution in [-0.4, -0.2) is 45.1 Å². The van der Waals surface area contributed by atoms with Gasteiger partial charge in [-0.15, -0.1) is 0 Å². The first-order chi connectivity index (χ1) is 10.7. The molecule has 0 N–H and O–H groups in total. The highest BCUT2D eigenvalue weighted by molar-refractivity contribution is 5.68. The molecule has 130 valence electrons. The van der Waals surface area contributed by atoms with Crippen molar-refractivity contribution in [1.29, 1.82) is 0 Å². The fourth-order valence-corrected chi connectivity index (χ4v) is 2.87. The van der Waals surface area contributed by atoms with Gasteiger partial charge in [-0.05, 0) is 40.0 Å². The Labute approximate surface area is 138 Å². The van der Waals surface area contributed by atoms with E-state index in [-0.39, 0.29) is 11.7 Å². The second kappa shape index (κ2) is 6.91. The van der Waals surface area contributed by atoms with Gasteiger partial charge in [0.1, 0.15) is 5.60 Å². The number of amides is 1. The van der Waals surface area contributed by atoms with Crippen LogP contribution in [0.3, 0.4) is 0 Å². The number of carbonyl (C=O) groups is 1. The number of aryl methyl sites for hydroxylation is 1. The molecule has 6 nitrogen and oxygen atoms in total. The van der Waals surface area contributed by atoms with Crippen LogP contribution in [0.4, 0.5) is 4.79 Å². The normalized spacial score (nSPS) is 22.2. The second-order valence-corrected chi connectivity index (χ2v) is 7.35. The van der Waals surface area contributed by atoms with Crippen molar-refractivity contribution in [3.05, 3.63) is 18.0 Å². The van der Waals surface area contributed by atoms with Gasteiger partial charge < -0.3 is 14.4 Å². The highest BCUT2D eigenvalue weighted by atomic mass is 16.6. The summed E-state index contributed by atoms with van der Waals surface area (Å²) in [5, 5.41) is 4.16. The maximum atomic E-state index is 12.3. The fourth-order valence-electron chi connectivity index (χ4n) is 2.87. The predicted molar refractivity (Wildman–Crippen MR) is 88.1 cm³/mol. The van der Waals surface area contributed by atoms with E-state index < -0.39 is 5.60 Å². The summed E-state index contributed by atoms with van der Waals surface area (Å²) in [7, 11) is 1.89. The van der Waals surface area contributed by atoms with Gasteiger partial charge in [-0.1, -0.05) is 6.92 Å². The largest absolute Gasteiger partial charge is 0.444 e. The third-order valence-electron chi connectivity index (χ3n) is 4.14. The molecule has 1 aromatic heterocycles. The smallest absolute Gasteiger partial charge is 0.410 e. The van der Waals surface area contributed by atoms with Crippen molar-refractivity contribution < 1.29 is 14.3 Å². The number of carbonyl (C=O) groups excluding carboxylic acids is 1. The third-order valence-corrected chi connectivity index (χ3v) is 4.14. The minimum Gasteiger partial charge on any atom is -0.444 e. The lowest BCUT2D eigenvalue weighted by atomic mass is 9.90. The number of hydrogen-bond acceptors (Lipinski definition) is 4. The number of ether oxygens (including phenoxy) is 2. The lowest BCUT2D eigenvalue weighted by Crippen LogP contribution is -2.52. The van der Waals surface area contributed by atoms with Crippen LogP contribution in [0.1, 0.15) is 52.5 Å². The van der Waals surface area contributed by atoms with Crippen LogP contribution in [0.15, 0.2) is 12.4 Å². The Morgan fingerprint density at radius 2 is 2.17 bits per heavy atom. The molecule has 0 bridgehead atoms. The number of nitrogens with zero attached hydrogens (tertiary/aromatic N) is 3. The van der Waals surface area contributed by atoms with Gasteiger partial charge in [0.15, 0.2) is 0 Å². The van der Waals surface area contributed by atoms with Crippen molar-refractivity contribution in [2.24, 2.45) is 7.05 Å². The number of rotatable bonds is 4. The van der Waals surface area contributed by atoms with E-state index in [2.05, 4.69) is 12.0 Å². The number of aromatic nitrogens is 2. The van der Waals surface area contributed by atoms with Gasteiger partial charge in [0.25, 0.3) is 0 Å². The Morgan fingerprint density at radius 3 is 2.74 bits per heavy atom. The Hall–Kier alpha value is -1.56. The molecule has 0 spiro atoms. The first-order valence-corrected chi connectivity index (χ1v) is 8.32. The molecule has 0 aromatic carbocycles. The van der Waals surface area contributed by atoms with Gasteiger partial charge in [-0.2, -0.15) is 5.10 Å². The van der Waals surface area contributed by atoms with E-state index in [4.69, 9.17) is 9.47 Å². The number of likely N-dealkylation sites (tertiary alicyclic amines) is 1. The quantitative estimate of drug-likeness (QED) is 0.854. The zero-order chi connectivity index (χ0) is 17.1. The molecule has 1 aromatic rings. The Kier molecular flexibility index (Phi) is 5.34. The van der Waals surface area contributed by atoms with E-state index in [9.17, 15) is 4.79 Å². The van der Waals surface area contributed by atoms with Gasteiger partial charge in [0.2, 0.25) is 0 Å². The standard InChI is InChI=1S/C17H29N3O3/c1-6-17(22-12-14-10-18-19(5)11-14)8-7-9-20(13-17)15(21)23-16(2,3)4/h10-11H,6-9,12-13H2,1-5H3. The lowest BCUT2D eigenvalue weighted by Gasteiger charge is -2.42. The highest BCUT2D eigenvalue weighted by Gasteiger charge is 2.38. The number of hydrogen-bond donors (Lipinski definition) is 0. The molecule has 1 atom stereocenters. The molecular formula is C17H29N3O3. The molecule has 1 aliphatic heterocycles. The first kappa shape index (κ1) is 17.8. The van der Waals surface area contributed by atoms with Gasteiger partial charge in [0, 0.05) is 25.4 Å². The molecule has 1 amide bonds. The van der Waals surface area contributed by atoms with E-state index in [1.165, 1.54) is 0 Å². The minimum atomic E-state index is -0.472. The average Bonchev–Trinajstić information content (AvgIpc) is 2.89. The maximum Gasteiger partial charge on any atom is 0.410 e. The van der Waals surface area contributed by atoms with Crippen LogP contribution >= 0.6 is 0 Å². The van der Waals surface area contributed by atoms with Gasteiger partial charge in [-0.3, -0.25) is 4.68 Å². The van der Waals surface area contributed by atoms with E-state index in [1.54, 1.807) is 9.58 Å². The molecule has 23 heavy (non-hydrogen) atoms. The zero-order valence-electron chi connectivity index (χ0n) is 15.0. The third kappa shape index (κ3) is 4.96. The molecule has 1 unspecified atom stereocenters. The van der Waals surface area contributed by atoms with Crippen molar-refractivity contribution in [2.45, 2.75) is 64.8 Å². The van der Waals surface area contributed by atoms with Crippen LogP contribution in [0, 0.1) is 0 Å². The van der Waals surface area contributed by atoms with E-state index in [1.807, 2.05) is 40.2 Å². The average molecular weight is 323 g/mol. The molecular weight excluding hydrogens is 294 g/mol. The van der Waals surface area contributed by atoms with Crippen molar-refractivity contribution in [1.82, 2.24) is 14.7 Å². The Morgan fingerprint density at radius 1 is 1.43 bits per heavy atom. The second-order valence-electron chi connectivity index (χ2n) is 7.35. The fraction of sp³-hybridized carbons (Fsp3) is 0.765. The van der Waals surface area contributed by atoms with E-state index in [0.29, 0.717) is 13.2 Å². The van der Waals surface area contributed by atoms with Crippen molar-refractivity contribution in [3.63, 3.8) is 0 Å². The summed E-state index contributed by atoms with van der Waals surface area (Å²) < 4.78 is 13.5. The summed E-state index contributed by atoms with van der Waals surface area (Å²) in [5.74, 6) is 0. The van der Waals surface area contributed by atoms with E-state index in [0.717, 1.165) is 31.4 Å². The van der Waals surface area contributed by atoms with Crippen molar-refractivity contribution in [2.75, 3.05) is 13.1 Å². The summed E-state index contributed by atoms with van der Waals surface area (Å²) in [6.07, 6.45) is 6.28. The first-order valence-electron chi connectivity index (χ1n) is 8.32. The molecule has 1 aliphatic rings. The highest BCUT2D eigenvalue weighted by Crippen LogP contribution is 2.30. The molecule has 1 fully saturated rings. The molecule has 2 rings (SSSR count). The maximum absolute atomic E-state index is 12.3. The van der Waals surface area contributed by atoms with Crippen molar-refractivity contribution >= 4 is 6.09 Å². The summed E-state index contributed by atoms with van der Waals surface area (Å²) >= 11 is 0. The lowest BCUT2D eigenvalue weighted by molar-refractivity contribution is -0.101. The number of piperidine rings is 1. The van der Waals surface area contributed by atoms with Crippen LogP contribution in [0.5, 0.6) is 0 Å². The van der Waals surface area contributed by atoms with Gasteiger partial charge in [-0.25, -0.2) is 4.79 Å². The van der Waals surface area contributed by atoms with Crippen LogP contribution in [0.2, 0.25) is 0 Å². The summed E-state index contributed by atoms with van der Waals surface area (Å²) in [5.41, 5.74) is 0.278. The van der Waals surface area contributed by atoms with Crippen LogP contribution in [0.25, 0.3) is 0 Å². The Bertz CT molecular complexity index is 535. The minimum absolute atomic E-state index is 0.250. The van der Waals surface area contributed by atoms with Crippen LogP contribution < -0.4 is 0 Å². The molecule has 2 heterocycles. The summed E-state index contributed by atoms with van der Waals surface area (Å²) in [4.78, 5) is 14.1. The summed E-state index contributed by atoms with van der Waals surface area (Å²) in [6.45, 7) is 9.61. The van der Waals surface area contributed by atoms with Crippen molar-refractivity contribution in [3.8, 4) is 0 Å². The molecule has 1 saturated heterocycles. The van der Waals surface area contributed by atoms with Crippen LogP contribution in [-0.2, 0) is 23.1 Å². The zero-order valence-corrected chi connectivity index (χ0v) is 15.0. The predicted octanol–water partition coefficient (Wildman–Crippen LogP) is 3.12. The molecule has 0 saturated carbocycles. The molecule has 0 aliphatic carbocycles. The SMILES string of the molecule is CCC1(OCc2cnn(C)c2)CCCN(C(=O)OC(C)(C)C)C1. The Balaban J connectivity index is 1.98. The summed E-state index contributed by atoms with van der Waals surface area (Å²) in [6, 6.07) is 0. The monoisotopic (exact) mass is 323 g/mol. The van der Waals surface area contributed by atoms with Gasteiger partial charge >= 0.3 is 6.09 Å².